The van der Waals surface area contributed by atoms with E-state index in [1.807, 2.05) is 31.2 Å². The van der Waals surface area contributed by atoms with Crippen LogP contribution in [0.1, 0.15) is 39.3 Å². The van der Waals surface area contributed by atoms with Gasteiger partial charge in [0.05, 0.1) is 16.9 Å². The Labute approximate surface area is 164 Å². The Hall–Kier alpha value is -3.16. The highest BCUT2D eigenvalue weighted by Crippen LogP contribution is 2.33. The Balaban J connectivity index is 1.71. The lowest BCUT2D eigenvalue weighted by molar-refractivity contribution is -0.137. The Morgan fingerprint density at radius 3 is 2.62 bits per heavy atom. The molecule has 1 N–H and O–H groups in total. The molecule has 29 heavy (non-hydrogen) atoms. The lowest BCUT2D eigenvalue weighted by Gasteiger charge is -2.11. The molecule has 1 aromatic heterocycles. The predicted octanol–water partition coefficient (Wildman–Crippen LogP) is 5.08. The molecule has 4 rings (SSSR count). The van der Waals surface area contributed by atoms with Gasteiger partial charge in [0.25, 0.3) is 5.91 Å². The molecule has 3 aromatic rings. The van der Waals surface area contributed by atoms with Gasteiger partial charge < -0.3 is 5.32 Å². The van der Waals surface area contributed by atoms with Gasteiger partial charge in [0, 0.05) is 11.3 Å². The molecule has 0 radical (unpaired) electrons. The molecule has 2 aromatic carbocycles. The molecule has 0 spiro atoms. The normalized spacial score (nSPS) is 13.4. The minimum Gasteiger partial charge on any atom is -0.318 e. The van der Waals surface area contributed by atoms with E-state index in [1.165, 1.54) is 0 Å². The van der Waals surface area contributed by atoms with Crippen LogP contribution in [0.15, 0.2) is 42.5 Å². The molecular weight excluding hydrogens is 386 g/mol. The topological polar surface area (TPSA) is 46.9 Å². The van der Waals surface area contributed by atoms with Crippen LogP contribution in [0.3, 0.4) is 0 Å². The third kappa shape index (κ3) is 3.50. The SMILES string of the molecule is Cc1ccccc1-n1nc(C(=O)Nc2cc(C(F)(F)F)ccc2F)c2c1CCC2. The number of carbonyl (C=O) groups excluding carboxylic acids is 1. The smallest absolute Gasteiger partial charge is 0.318 e. The van der Waals surface area contributed by atoms with Gasteiger partial charge in [-0.3, -0.25) is 4.79 Å². The van der Waals surface area contributed by atoms with Gasteiger partial charge >= 0.3 is 6.18 Å². The van der Waals surface area contributed by atoms with E-state index in [0.29, 0.717) is 24.6 Å². The number of nitrogens with zero attached hydrogens (tertiary/aromatic N) is 2. The summed E-state index contributed by atoms with van der Waals surface area (Å²) in [5.41, 5.74) is 1.99. The number of amides is 1. The van der Waals surface area contributed by atoms with Gasteiger partial charge in [0.1, 0.15) is 5.82 Å². The fourth-order valence-electron chi connectivity index (χ4n) is 3.60. The summed E-state index contributed by atoms with van der Waals surface area (Å²) < 4.78 is 54.5. The summed E-state index contributed by atoms with van der Waals surface area (Å²) >= 11 is 0. The van der Waals surface area contributed by atoms with E-state index in [1.54, 1.807) is 4.68 Å². The molecule has 0 aliphatic heterocycles. The van der Waals surface area contributed by atoms with E-state index >= 15 is 0 Å². The molecular formula is C21H17F4N3O. The van der Waals surface area contributed by atoms with Crippen LogP contribution in [0.5, 0.6) is 0 Å². The number of hydrogen-bond donors (Lipinski definition) is 1. The zero-order valence-electron chi connectivity index (χ0n) is 15.5. The molecule has 1 heterocycles. The summed E-state index contributed by atoms with van der Waals surface area (Å²) in [7, 11) is 0. The highest BCUT2D eigenvalue weighted by molar-refractivity contribution is 6.04. The van der Waals surface area contributed by atoms with E-state index in [9.17, 15) is 22.4 Å². The number of aromatic nitrogens is 2. The maximum absolute atomic E-state index is 14.0. The second-order valence-corrected chi connectivity index (χ2v) is 6.97. The van der Waals surface area contributed by atoms with Crippen molar-refractivity contribution in [3.63, 3.8) is 0 Å². The molecule has 0 atom stereocenters. The quantitative estimate of drug-likeness (QED) is 0.620. The van der Waals surface area contributed by atoms with E-state index in [4.69, 9.17) is 0 Å². The van der Waals surface area contributed by atoms with Crippen molar-refractivity contribution in [2.45, 2.75) is 32.4 Å². The third-order valence-corrected chi connectivity index (χ3v) is 5.03. The Morgan fingerprint density at radius 1 is 1.14 bits per heavy atom. The minimum absolute atomic E-state index is 0.109. The zero-order valence-corrected chi connectivity index (χ0v) is 15.5. The Morgan fingerprint density at radius 2 is 1.90 bits per heavy atom. The minimum atomic E-state index is -4.64. The van der Waals surface area contributed by atoms with E-state index in [2.05, 4.69) is 10.4 Å². The maximum Gasteiger partial charge on any atom is 0.416 e. The van der Waals surface area contributed by atoms with Crippen LogP contribution in [0.2, 0.25) is 0 Å². The molecule has 0 saturated heterocycles. The van der Waals surface area contributed by atoms with Crippen molar-refractivity contribution in [1.82, 2.24) is 9.78 Å². The standard InChI is InChI=1S/C21H17F4N3O/c1-12-5-2-3-7-17(12)28-18-8-4-6-14(18)19(27-28)20(29)26-16-11-13(21(23,24)25)9-10-15(16)22/h2-3,5,7,9-11H,4,6,8H2,1H3,(H,26,29). The summed E-state index contributed by atoms with van der Waals surface area (Å²) in [4.78, 5) is 12.8. The van der Waals surface area contributed by atoms with Gasteiger partial charge in [0.15, 0.2) is 5.69 Å². The molecule has 0 unspecified atom stereocenters. The fourth-order valence-corrected chi connectivity index (χ4v) is 3.60. The van der Waals surface area contributed by atoms with Crippen LogP contribution < -0.4 is 5.32 Å². The molecule has 8 heteroatoms. The first-order valence-corrected chi connectivity index (χ1v) is 9.10. The van der Waals surface area contributed by atoms with E-state index < -0.39 is 29.2 Å². The van der Waals surface area contributed by atoms with E-state index in [-0.39, 0.29) is 5.69 Å². The number of hydrogen-bond acceptors (Lipinski definition) is 2. The van der Waals surface area contributed by atoms with Crippen molar-refractivity contribution in [3.8, 4) is 5.69 Å². The van der Waals surface area contributed by atoms with Crippen LogP contribution in [0.25, 0.3) is 5.69 Å². The number of rotatable bonds is 3. The lowest BCUT2D eigenvalue weighted by atomic mass is 10.1. The number of halogens is 4. The van der Waals surface area contributed by atoms with Crippen molar-refractivity contribution < 1.29 is 22.4 Å². The van der Waals surface area contributed by atoms with Gasteiger partial charge in [-0.25, -0.2) is 9.07 Å². The van der Waals surface area contributed by atoms with Crippen LogP contribution >= 0.6 is 0 Å². The molecule has 0 fully saturated rings. The number of para-hydroxylation sites is 1. The monoisotopic (exact) mass is 403 g/mol. The second-order valence-electron chi connectivity index (χ2n) is 6.97. The maximum atomic E-state index is 14.0. The zero-order chi connectivity index (χ0) is 20.8. The summed E-state index contributed by atoms with van der Waals surface area (Å²) in [5.74, 6) is -1.67. The highest BCUT2D eigenvalue weighted by atomic mass is 19.4. The fraction of sp³-hybridized carbons (Fsp3) is 0.238. The second kappa shape index (κ2) is 7.02. The molecule has 150 valence electrons. The molecule has 4 nitrogen and oxygen atoms in total. The van der Waals surface area contributed by atoms with Gasteiger partial charge in [-0.05, 0) is 56.0 Å². The van der Waals surface area contributed by atoms with E-state index in [0.717, 1.165) is 35.3 Å². The lowest BCUT2D eigenvalue weighted by Crippen LogP contribution is -2.17. The number of alkyl halides is 3. The van der Waals surface area contributed by atoms with Crippen molar-refractivity contribution in [2.24, 2.45) is 0 Å². The van der Waals surface area contributed by atoms with Gasteiger partial charge in [-0.15, -0.1) is 0 Å². The molecule has 0 bridgehead atoms. The number of aryl methyl sites for hydroxylation is 1. The summed E-state index contributed by atoms with van der Waals surface area (Å²) in [5, 5.41) is 6.68. The highest BCUT2D eigenvalue weighted by Gasteiger charge is 2.32. The number of anilines is 1. The van der Waals surface area contributed by atoms with Crippen molar-refractivity contribution >= 4 is 11.6 Å². The van der Waals surface area contributed by atoms with Crippen molar-refractivity contribution in [2.75, 3.05) is 5.32 Å². The first-order valence-electron chi connectivity index (χ1n) is 9.10. The largest absolute Gasteiger partial charge is 0.416 e. The Kier molecular flexibility index (Phi) is 4.64. The predicted molar refractivity (Wildman–Crippen MR) is 99.7 cm³/mol. The van der Waals surface area contributed by atoms with Crippen LogP contribution in [-0.4, -0.2) is 15.7 Å². The van der Waals surface area contributed by atoms with Crippen molar-refractivity contribution in [3.05, 3.63) is 76.4 Å². The average molecular weight is 403 g/mol. The first-order chi connectivity index (χ1) is 13.8. The van der Waals surface area contributed by atoms with Crippen molar-refractivity contribution in [1.29, 1.82) is 0 Å². The first kappa shape index (κ1) is 19.2. The number of fused-ring (bicyclic) bond motifs is 1. The van der Waals surface area contributed by atoms with Crippen LogP contribution in [0.4, 0.5) is 23.2 Å². The number of nitrogens with one attached hydrogen (secondary N) is 1. The molecule has 1 aliphatic carbocycles. The van der Waals surface area contributed by atoms with Gasteiger partial charge in [-0.1, -0.05) is 18.2 Å². The molecule has 1 aliphatic rings. The van der Waals surface area contributed by atoms with Gasteiger partial charge in [-0.2, -0.15) is 18.3 Å². The van der Waals surface area contributed by atoms with Crippen LogP contribution in [0, 0.1) is 12.7 Å². The Bertz CT molecular complexity index is 1100. The summed E-state index contributed by atoms with van der Waals surface area (Å²) in [6.45, 7) is 1.93. The van der Waals surface area contributed by atoms with Crippen LogP contribution in [-0.2, 0) is 19.0 Å². The average Bonchev–Trinajstić information content (AvgIpc) is 3.26. The molecule has 1 amide bonds. The number of carbonyl (C=O) groups is 1. The summed E-state index contributed by atoms with van der Waals surface area (Å²) in [6.07, 6.45) is -2.42. The van der Waals surface area contributed by atoms with Gasteiger partial charge in [0.2, 0.25) is 0 Å². The molecule has 0 saturated carbocycles. The summed E-state index contributed by atoms with van der Waals surface area (Å²) in [6, 6.07) is 9.48. The third-order valence-electron chi connectivity index (χ3n) is 5.03. The number of benzene rings is 2.